The third-order valence-electron chi connectivity index (χ3n) is 5.06. The topological polar surface area (TPSA) is 60.4 Å². The SMILES string of the molecule is CN=C(NCc1cccc(OCC(=O)N(C)C)c1)N1CCN(C(C)C(F)(F)F)CC1. The fraction of sp³-hybridized carbons (Fsp3) is 0.600. The van der Waals surface area contributed by atoms with Gasteiger partial charge in [-0.15, -0.1) is 0 Å². The number of carbonyl (C=O) groups is 1. The maximum atomic E-state index is 12.9. The molecule has 1 amide bonds. The lowest BCUT2D eigenvalue weighted by Gasteiger charge is -2.39. The highest BCUT2D eigenvalue weighted by Gasteiger charge is 2.41. The van der Waals surface area contributed by atoms with Gasteiger partial charge in [0.1, 0.15) is 11.8 Å². The summed E-state index contributed by atoms with van der Waals surface area (Å²) in [7, 11) is 4.99. The maximum Gasteiger partial charge on any atom is 0.403 e. The van der Waals surface area contributed by atoms with Crippen molar-refractivity contribution >= 4 is 11.9 Å². The van der Waals surface area contributed by atoms with Crippen LogP contribution in [0.3, 0.4) is 0 Å². The number of likely N-dealkylation sites (N-methyl/N-ethyl adjacent to an activating group) is 1. The summed E-state index contributed by atoms with van der Waals surface area (Å²) in [5.74, 6) is 1.11. The van der Waals surface area contributed by atoms with Crippen molar-refractivity contribution in [1.29, 1.82) is 0 Å². The van der Waals surface area contributed by atoms with Crippen LogP contribution in [0.4, 0.5) is 13.2 Å². The lowest BCUT2D eigenvalue weighted by molar-refractivity contribution is -0.181. The highest BCUT2D eigenvalue weighted by molar-refractivity contribution is 5.80. The zero-order chi connectivity index (χ0) is 22.3. The molecule has 0 saturated carbocycles. The van der Waals surface area contributed by atoms with Crippen LogP contribution in [-0.2, 0) is 11.3 Å². The number of ether oxygens (including phenoxy) is 1. The van der Waals surface area contributed by atoms with Gasteiger partial charge in [0.2, 0.25) is 0 Å². The molecule has 0 spiro atoms. The molecule has 1 saturated heterocycles. The Bertz CT molecular complexity index is 731. The molecule has 1 heterocycles. The second-order valence-corrected chi connectivity index (χ2v) is 7.37. The van der Waals surface area contributed by atoms with E-state index in [0.717, 1.165) is 5.56 Å². The summed E-state index contributed by atoms with van der Waals surface area (Å²) in [5, 5.41) is 3.24. The lowest BCUT2D eigenvalue weighted by Crippen LogP contribution is -2.56. The standard InChI is InChI=1S/C20H30F3N5O2/c1-15(20(21,22)23)27-8-10-28(11-9-27)19(24-2)25-13-16-6-5-7-17(12-16)30-14-18(29)26(3)4/h5-7,12,15H,8-11,13-14H2,1-4H3,(H,24,25). The molecule has 1 unspecified atom stereocenters. The number of aliphatic imine (C=N–C) groups is 1. The van der Waals surface area contributed by atoms with Crippen LogP contribution < -0.4 is 10.1 Å². The van der Waals surface area contributed by atoms with Crippen LogP contribution in [-0.4, -0.2) is 92.7 Å². The summed E-state index contributed by atoms with van der Waals surface area (Å²) in [6, 6.07) is 5.93. The maximum absolute atomic E-state index is 12.9. The Morgan fingerprint density at radius 3 is 2.50 bits per heavy atom. The number of halogens is 3. The van der Waals surface area contributed by atoms with Crippen molar-refractivity contribution in [2.75, 3.05) is 53.9 Å². The molecule has 1 aromatic rings. The minimum atomic E-state index is -4.22. The molecule has 1 aliphatic heterocycles. The number of benzene rings is 1. The predicted molar refractivity (Wildman–Crippen MR) is 109 cm³/mol. The van der Waals surface area contributed by atoms with Crippen LogP contribution in [0.2, 0.25) is 0 Å². The Kier molecular flexibility index (Phi) is 8.33. The smallest absolute Gasteiger partial charge is 0.403 e. The van der Waals surface area contributed by atoms with Gasteiger partial charge in [0, 0.05) is 53.9 Å². The van der Waals surface area contributed by atoms with Gasteiger partial charge in [-0.05, 0) is 24.6 Å². The zero-order valence-electron chi connectivity index (χ0n) is 17.9. The summed E-state index contributed by atoms with van der Waals surface area (Å²) in [6.07, 6.45) is -4.22. The predicted octanol–water partition coefficient (Wildman–Crippen LogP) is 1.80. The average molecular weight is 429 g/mol. The summed E-state index contributed by atoms with van der Waals surface area (Å²) in [4.78, 5) is 20.8. The van der Waals surface area contributed by atoms with Gasteiger partial charge in [0.25, 0.3) is 5.91 Å². The van der Waals surface area contributed by atoms with Crippen LogP contribution in [0.5, 0.6) is 5.75 Å². The Hall–Kier alpha value is -2.49. The number of nitrogens with one attached hydrogen (secondary N) is 1. The van der Waals surface area contributed by atoms with E-state index in [4.69, 9.17) is 4.74 Å². The van der Waals surface area contributed by atoms with E-state index in [-0.39, 0.29) is 12.5 Å². The van der Waals surface area contributed by atoms with E-state index in [1.165, 1.54) is 16.7 Å². The summed E-state index contributed by atoms with van der Waals surface area (Å²) in [6.45, 7) is 3.22. The lowest BCUT2D eigenvalue weighted by atomic mass is 10.2. The van der Waals surface area contributed by atoms with Crippen LogP contribution in [0.25, 0.3) is 0 Å². The highest BCUT2D eigenvalue weighted by atomic mass is 19.4. The third kappa shape index (κ3) is 6.79. The zero-order valence-corrected chi connectivity index (χ0v) is 17.9. The van der Waals surface area contributed by atoms with Gasteiger partial charge < -0.3 is 19.9 Å². The number of carbonyl (C=O) groups excluding carboxylic acids is 1. The first kappa shape index (κ1) is 23.8. The Balaban J connectivity index is 1.86. The molecule has 1 atom stereocenters. The fourth-order valence-corrected chi connectivity index (χ4v) is 3.06. The van der Waals surface area contributed by atoms with Crippen molar-refractivity contribution in [1.82, 2.24) is 20.0 Å². The van der Waals surface area contributed by atoms with Gasteiger partial charge in [-0.25, -0.2) is 0 Å². The first-order valence-corrected chi connectivity index (χ1v) is 9.80. The Morgan fingerprint density at radius 1 is 1.27 bits per heavy atom. The monoisotopic (exact) mass is 429 g/mol. The van der Waals surface area contributed by atoms with Gasteiger partial charge in [-0.2, -0.15) is 13.2 Å². The van der Waals surface area contributed by atoms with E-state index >= 15 is 0 Å². The van der Waals surface area contributed by atoms with Crippen molar-refractivity contribution in [3.63, 3.8) is 0 Å². The van der Waals surface area contributed by atoms with E-state index in [1.807, 2.05) is 23.1 Å². The third-order valence-corrected chi connectivity index (χ3v) is 5.06. The number of hydrogen-bond acceptors (Lipinski definition) is 4. The molecule has 1 aliphatic rings. The largest absolute Gasteiger partial charge is 0.484 e. The van der Waals surface area contributed by atoms with E-state index < -0.39 is 12.2 Å². The number of amides is 1. The van der Waals surface area contributed by atoms with Gasteiger partial charge in [0.15, 0.2) is 12.6 Å². The first-order chi connectivity index (χ1) is 14.1. The summed E-state index contributed by atoms with van der Waals surface area (Å²) in [5.41, 5.74) is 0.940. The average Bonchev–Trinajstić information content (AvgIpc) is 2.72. The van der Waals surface area contributed by atoms with Crippen LogP contribution in [0.15, 0.2) is 29.3 Å². The van der Waals surface area contributed by atoms with Crippen LogP contribution in [0.1, 0.15) is 12.5 Å². The van der Waals surface area contributed by atoms with Crippen molar-refractivity contribution in [2.24, 2.45) is 4.99 Å². The molecule has 168 valence electrons. The van der Waals surface area contributed by atoms with E-state index in [0.29, 0.717) is 44.4 Å². The van der Waals surface area contributed by atoms with Crippen LogP contribution in [0, 0.1) is 0 Å². The van der Waals surface area contributed by atoms with Gasteiger partial charge >= 0.3 is 6.18 Å². The van der Waals surface area contributed by atoms with E-state index in [2.05, 4.69) is 10.3 Å². The first-order valence-electron chi connectivity index (χ1n) is 9.80. The number of guanidine groups is 1. The quantitative estimate of drug-likeness (QED) is 0.552. The van der Waals surface area contributed by atoms with Gasteiger partial charge in [-0.1, -0.05) is 12.1 Å². The molecule has 10 heteroatoms. The molecule has 0 aromatic heterocycles. The molecular formula is C20H30F3N5O2. The molecule has 1 aromatic carbocycles. The summed E-state index contributed by atoms with van der Waals surface area (Å²) >= 11 is 0. The highest BCUT2D eigenvalue weighted by Crippen LogP contribution is 2.25. The minimum absolute atomic E-state index is 0.0355. The normalized spacial score (nSPS) is 16.9. The number of alkyl halides is 3. The molecule has 0 bridgehead atoms. The molecule has 1 fully saturated rings. The number of nitrogens with zero attached hydrogens (tertiary/aromatic N) is 4. The van der Waals surface area contributed by atoms with Crippen molar-refractivity contribution < 1.29 is 22.7 Å². The number of piperazine rings is 1. The Labute approximate surface area is 175 Å². The molecule has 0 radical (unpaired) electrons. The summed E-state index contributed by atoms with van der Waals surface area (Å²) < 4.78 is 44.3. The van der Waals surface area contributed by atoms with Crippen LogP contribution >= 0.6 is 0 Å². The number of rotatable bonds is 6. The van der Waals surface area contributed by atoms with Gasteiger partial charge in [0.05, 0.1) is 0 Å². The molecule has 2 rings (SSSR count). The van der Waals surface area contributed by atoms with E-state index in [9.17, 15) is 18.0 Å². The van der Waals surface area contributed by atoms with Crippen molar-refractivity contribution in [2.45, 2.75) is 25.7 Å². The molecule has 30 heavy (non-hydrogen) atoms. The molecule has 1 N–H and O–H groups in total. The van der Waals surface area contributed by atoms with Crippen molar-refractivity contribution in [3.8, 4) is 5.75 Å². The fourth-order valence-electron chi connectivity index (χ4n) is 3.06. The van der Waals surface area contributed by atoms with Crippen molar-refractivity contribution in [3.05, 3.63) is 29.8 Å². The molecule has 0 aliphatic carbocycles. The minimum Gasteiger partial charge on any atom is -0.484 e. The van der Waals surface area contributed by atoms with E-state index in [1.54, 1.807) is 27.2 Å². The Morgan fingerprint density at radius 2 is 1.93 bits per heavy atom. The van der Waals surface area contributed by atoms with Gasteiger partial charge in [-0.3, -0.25) is 14.7 Å². The second-order valence-electron chi connectivity index (χ2n) is 7.37. The second kappa shape index (κ2) is 10.5. The number of hydrogen-bond donors (Lipinski definition) is 1. The molecule has 7 nitrogen and oxygen atoms in total. The molecular weight excluding hydrogens is 399 g/mol.